The Labute approximate surface area is 168 Å². The summed E-state index contributed by atoms with van der Waals surface area (Å²) in [4.78, 5) is 12.9. The molecule has 0 aliphatic heterocycles. The van der Waals surface area contributed by atoms with Gasteiger partial charge in [0.15, 0.2) is 11.5 Å². The lowest BCUT2D eigenvalue weighted by Crippen LogP contribution is -2.34. The second kappa shape index (κ2) is 10.6. The summed E-state index contributed by atoms with van der Waals surface area (Å²) in [7, 11) is 4.70. The van der Waals surface area contributed by atoms with Crippen molar-refractivity contribution >= 4 is 5.91 Å². The van der Waals surface area contributed by atoms with E-state index in [-0.39, 0.29) is 18.4 Å². The molecule has 0 saturated heterocycles. The van der Waals surface area contributed by atoms with E-state index in [1.165, 1.54) is 0 Å². The van der Waals surface area contributed by atoms with Crippen LogP contribution in [-0.2, 0) is 11.2 Å². The first-order chi connectivity index (χ1) is 13.6. The van der Waals surface area contributed by atoms with Crippen molar-refractivity contribution in [3.05, 3.63) is 53.6 Å². The van der Waals surface area contributed by atoms with Gasteiger partial charge in [-0.05, 0) is 29.2 Å². The maximum Gasteiger partial charge on any atom is 0.224 e. The number of carbonyl (C=O) groups excluding carboxylic acids is 1. The largest absolute Gasteiger partial charge is 0.493 e. The van der Waals surface area contributed by atoms with Crippen LogP contribution in [0.2, 0.25) is 0 Å². The van der Waals surface area contributed by atoms with Gasteiger partial charge >= 0.3 is 0 Å². The van der Waals surface area contributed by atoms with E-state index in [1.54, 1.807) is 21.3 Å². The summed E-state index contributed by atoms with van der Waals surface area (Å²) >= 11 is 0. The molecule has 1 unspecified atom stereocenters. The molecule has 5 heteroatoms. The Hall–Kier alpha value is -2.69. The van der Waals surface area contributed by atoms with Crippen LogP contribution in [-0.4, -0.2) is 27.2 Å². The molecule has 5 nitrogen and oxygen atoms in total. The molecule has 0 aromatic heterocycles. The number of benzene rings is 2. The number of hydrogen-bond donors (Lipinski definition) is 1. The maximum atomic E-state index is 12.9. The van der Waals surface area contributed by atoms with Crippen molar-refractivity contribution in [2.75, 3.05) is 21.3 Å². The van der Waals surface area contributed by atoms with Crippen LogP contribution in [0.5, 0.6) is 17.2 Å². The number of carbonyl (C=O) groups is 1. The molecule has 0 saturated carbocycles. The van der Waals surface area contributed by atoms with Crippen LogP contribution in [0.1, 0.15) is 43.9 Å². The zero-order chi connectivity index (χ0) is 20.5. The quantitative estimate of drug-likeness (QED) is 0.652. The second-order valence-electron chi connectivity index (χ2n) is 6.74. The van der Waals surface area contributed by atoms with Gasteiger partial charge in [0, 0.05) is 0 Å². The number of ether oxygens (including phenoxy) is 3. The standard InChI is InChI=1S/C23H31NO4/c1-6-17(7-2)22(18-11-9-8-10-12-18)24-21(25)15-16-13-19(26-3)23(28-5)20(14-16)27-4/h8-14,17,22H,6-7,15H2,1-5H3,(H,24,25). The molecule has 2 aromatic rings. The van der Waals surface area contributed by atoms with Crippen LogP contribution in [0.4, 0.5) is 0 Å². The summed E-state index contributed by atoms with van der Waals surface area (Å²) in [5, 5.41) is 3.24. The van der Waals surface area contributed by atoms with Gasteiger partial charge in [-0.2, -0.15) is 0 Å². The fourth-order valence-electron chi connectivity index (χ4n) is 3.54. The zero-order valence-electron chi connectivity index (χ0n) is 17.5. The lowest BCUT2D eigenvalue weighted by atomic mass is 9.88. The molecule has 1 atom stereocenters. The van der Waals surface area contributed by atoms with Gasteiger partial charge in [-0.3, -0.25) is 4.79 Å². The highest BCUT2D eigenvalue weighted by molar-refractivity contribution is 5.79. The fourth-order valence-corrected chi connectivity index (χ4v) is 3.54. The summed E-state index contributed by atoms with van der Waals surface area (Å²) < 4.78 is 16.1. The number of amides is 1. The lowest BCUT2D eigenvalue weighted by molar-refractivity contribution is -0.121. The van der Waals surface area contributed by atoms with Crippen molar-refractivity contribution in [1.82, 2.24) is 5.32 Å². The van der Waals surface area contributed by atoms with Crippen molar-refractivity contribution in [2.24, 2.45) is 5.92 Å². The molecule has 0 fully saturated rings. The van der Waals surface area contributed by atoms with E-state index in [1.807, 2.05) is 30.3 Å². The van der Waals surface area contributed by atoms with E-state index >= 15 is 0 Å². The van der Waals surface area contributed by atoms with Gasteiger partial charge in [0.1, 0.15) is 0 Å². The Morgan fingerprint density at radius 3 is 1.96 bits per heavy atom. The second-order valence-corrected chi connectivity index (χ2v) is 6.74. The monoisotopic (exact) mass is 385 g/mol. The summed E-state index contributed by atoms with van der Waals surface area (Å²) in [6, 6.07) is 13.8. The van der Waals surface area contributed by atoms with E-state index in [4.69, 9.17) is 14.2 Å². The van der Waals surface area contributed by atoms with Crippen molar-refractivity contribution in [1.29, 1.82) is 0 Å². The molecular formula is C23H31NO4. The Balaban J connectivity index is 2.23. The van der Waals surface area contributed by atoms with Gasteiger partial charge in [-0.1, -0.05) is 57.0 Å². The highest BCUT2D eigenvalue weighted by Gasteiger charge is 2.23. The predicted molar refractivity (Wildman–Crippen MR) is 111 cm³/mol. The van der Waals surface area contributed by atoms with Gasteiger partial charge in [0.2, 0.25) is 11.7 Å². The molecule has 152 valence electrons. The highest BCUT2D eigenvalue weighted by Crippen LogP contribution is 2.38. The Kier molecular flexibility index (Phi) is 8.18. The zero-order valence-corrected chi connectivity index (χ0v) is 17.5. The average molecular weight is 386 g/mol. The fraction of sp³-hybridized carbons (Fsp3) is 0.435. The number of methoxy groups -OCH3 is 3. The summed E-state index contributed by atoms with van der Waals surface area (Å²) in [6.45, 7) is 4.32. The van der Waals surface area contributed by atoms with E-state index in [9.17, 15) is 4.79 Å². The third-order valence-corrected chi connectivity index (χ3v) is 5.08. The SMILES string of the molecule is CCC(CC)C(NC(=O)Cc1cc(OC)c(OC)c(OC)c1)c1ccccc1. The first-order valence-electron chi connectivity index (χ1n) is 9.71. The molecular weight excluding hydrogens is 354 g/mol. The van der Waals surface area contributed by atoms with E-state index < -0.39 is 0 Å². The molecule has 0 spiro atoms. The molecule has 0 heterocycles. The van der Waals surface area contributed by atoms with Crippen LogP contribution < -0.4 is 19.5 Å². The first-order valence-corrected chi connectivity index (χ1v) is 9.71. The average Bonchev–Trinajstić information content (AvgIpc) is 2.73. The molecule has 2 aromatic carbocycles. The van der Waals surface area contributed by atoms with Gasteiger partial charge < -0.3 is 19.5 Å². The summed E-state index contributed by atoms with van der Waals surface area (Å²) in [5.74, 6) is 1.96. The van der Waals surface area contributed by atoms with Crippen molar-refractivity contribution in [3.8, 4) is 17.2 Å². The smallest absolute Gasteiger partial charge is 0.224 e. The van der Waals surface area contributed by atoms with Crippen LogP contribution in [0.3, 0.4) is 0 Å². The number of rotatable bonds is 10. The topological polar surface area (TPSA) is 56.8 Å². The number of nitrogens with one attached hydrogen (secondary N) is 1. The normalized spacial score (nSPS) is 11.8. The molecule has 28 heavy (non-hydrogen) atoms. The lowest BCUT2D eigenvalue weighted by Gasteiger charge is -2.27. The van der Waals surface area contributed by atoms with Crippen LogP contribution in [0.25, 0.3) is 0 Å². The molecule has 0 radical (unpaired) electrons. The van der Waals surface area contributed by atoms with E-state index in [2.05, 4.69) is 31.3 Å². The van der Waals surface area contributed by atoms with Crippen molar-refractivity contribution in [3.63, 3.8) is 0 Å². The third kappa shape index (κ3) is 5.18. The minimum Gasteiger partial charge on any atom is -0.493 e. The van der Waals surface area contributed by atoms with Crippen LogP contribution >= 0.6 is 0 Å². The maximum absolute atomic E-state index is 12.9. The minimum atomic E-state index is -0.0324. The van der Waals surface area contributed by atoms with E-state index in [0.29, 0.717) is 23.2 Å². The number of hydrogen-bond acceptors (Lipinski definition) is 4. The summed E-state index contributed by atoms with van der Waals surface area (Å²) in [5.41, 5.74) is 1.94. The van der Waals surface area contributed by atoms with Crippen molar-refractivity contribution in [2.45, 2.75) is 39.2 Å². The molecule has 0 aliphatic carbocycles. The Bertz CT molecular complexity index is 731. The third-order valence-electron chi connectivity index (χ3n) is 5.08. The minimum absolute atomic E-state index is 0.00857. The van der Waals surface area contributed by atoms with Gasteiger partial charge in [-0.25, -0.2) is 0 Å². The summed E-state index contributed by atoms with van der Waals surface area (Å²) in [6.07, 6.45) is 2.24. The first kappa shape index (κ1) is 21.6. The van der Waals surface area contributed by atoms with Gasteiger partial charge in [-0.15, -0.1) is 0 Å². The van der Waals surface area contributed by atoms with Gasteiger partial charge in [0.25, 0.3) is 0 Å². The molecule has 1 amide bonds. The van der Waals surface area contributed by atoms with Gasteiger partial charge in [0.05, 0.1) is 33.8 Å². The molecule has 0 bridgehead atoms. The highest BCUT2D eigenvalue weighted by atomic mass is 16.5. The molecule has 0 aliphatic rings. The van der Waals surface area contributed by atoms with Crippen LogP contribution in [0.15, 0.2) is 42.5 Å². The molecule has 1 N–H and O–H groups in total. The Morgan fingerprint density at radius 1 is 0.929 bits per heavy atom. The van der Waals surface area contributed by atoms with E-state index in [0.717, 1.165) is 24.0 Å². The van der Waals surface area contributed by atoms with Crippen LogP contribution in [0, 0.1) is 5.92 Å². The molecule has 2 rings (SSSR count). The Morgan fingerprint density at radius 2 is 1.50 bits per heavy atom. The predicted octanol–water partition coefficient (Wildman–Crippen LogP) is 4.55. The van der Waals surface area contributed by atoms with Crippen molar-refractivity contribution < 1.29 is 19.0 Å².